The molecule has 2 rings (SSSR count). The summed E-state index contributed by atoms with van der Waals surface area (Å²) in [5, 5.41) is 14.4. The summed E-state index contributed by atoms with van der Waals surface area (Å²) in [6.45, 7) is 0. The van der Waals surface area contributed by atoms with E-state index in [1.54, 1.807) is 18.2 Å². The van der Waals surface area contributed by atoms with Crippen LogP contribution >= 0.6 is 15.9 Å². The van der Waals surface area contributed by atoms with Crippen molar-refractivity contribution in [3.8, 4) is 5.75 Å². The molecule has 4 nitrogen and oxygen atoms in total. The third kappa shape index (κ3) is 3.23. The van der Waals surface area contributed by atoms with Crippen LogP contribution in [0.3, 0.4) is 0 Å². The van der Waals surface area contributed by atoms with Crippen molar-refractivity contribution < 1.29 is 14.3 Å². The van der Waals surface area contributed by atoms with E-state index in [4.69, 9.17) is 0 Å². The van der Waals surface area contributed by atoms with Crippen LogP contribution in [0, 0.1) is 5.82 Å². The lowest BCUT2D eigenvalue weighted by Crippen LogP contribution is -2.19. The van der Waals surface area contributed by atoms with Crippen molar-refractivity contribution in [2.45, 2.75) is 0 Å². The number of aromatic hydroxyl groups is 1. The number of amides is 2. The van der Waals surface area contributed by atoms with Crippen LogP contribution < -0.4 is 10.6 Å². The maximum absolute atomic E-state index is 13.1. The topological polar surface area (TPSA) is 61.4 Å². The van der Waals surface area contributed by atoms with Gasteiger partial charge in [-0.25, -0.2) is 9.18 Å². The normalized spacial score (nSPS) is 10.0. The maximum atomic E-state index is 13.1. The van der Waals surface area contributed by atoms with Gasteiger partial charge in [-0.1, -0.05) is 18.2 Å². The summed E-state index contributed by atoms with van der Waals surface area (Å²) in [7, 11) is 0. The number of benzene rings is 2. The van der Waals surface area contributed by atoms with Gasteiger partial charge in [-0.05, 0) is 40.2 Å². The number of carbonyl (C=O) groups is 1. The molecule has 2 aromatic rings. The Bertz CT molecular complexity index is 619. The lowest BCUT2D eigenvalue weighted by molar-refractivity contribution is 0.262. The Labute approximate surface area is 117 Å². The Morgan fingerprint density at radius 2 is 1.68 bits per heavy atom. The van der Waals surface area contributed by atoms with Gasteiger partial charge in [0, 0.05) is 4.47 Å². The number of phenolic OH excluding ortho intramolecular Hbond substituents is 1. The molecule has 2 amide bonds. The molecule has 0 aliphatic heterocycles. The molecule has 3 N–H and O–H groups in total. The van der Waals surface area contributed by atoms with Crippen LogP contribution in [0.5, 0.6) is 5.75 Å². The number of carbonyl (C=O) groups excluding carboxylic acids is 1. The highest BCUT2D eigenvalue weighted by Crippen LogP contribution is 2.26. The summed E-state index contributed by atoms with van der Waals surface area (Å²) in [6.07, 6.45) is 0. The zero-order chi connectivity index (χ0) is 13.8. The highest BCUT2D eigenvalue weighted by molar-refractivity contribution is 9.10. The molecule has 0 radical (unpaired) electrons. The molecular formula is C13H10BrFN2O2. The van der Waals surface area contributed by atoms with E-state index in [2.05, 4.69) is 26.6 Å². The maximum Gasteiger partial charge on any atom is 0.323 e. The van der Waals surface area contributed by atoms with Crippen molar-refractivity contribution in [1.82, 2.24) is 0 Å². The molecule has 0 saturated heterocycles. The predicted molar refractivity (Wildman–Crippen MR) is 74.8 cm³/mol. The summed E-state index contributed by atoms with van der Waals surface area (Å²) < 4.78 is 13.8. The van der Waals surface area contributed by atoms with Crippen LogP contribution in [-0.2, 0) is 0 Å². The minimum atomic E-state index is -0.793. The second-order valence-corrected chi connectivity index (χ2v) is 4.55. The minimum Gasteiger partial charge on any atom is -0.503 e. The summed E-state index contributed by atoms with van der Waals surface area (Å²) in [5.74, 6) is -1.39. The van der Waals surface area contributed by atoms with Crippen molar-refractivity contribution in [2.75, 3.05) is 10.6 Å². The van der Waals surface area contributed by atoms with Gasteiger partial charge >= 0.3 is 6.03 Å². The molecule has 0 bridgehead atoms. The lowest BCUT2D eigenvalue weighted by Gasteiger charge is -2.10. The number of nitrogens with one attached hydrogen (secondary N) is 2. The van der Waals surface area contributed by atoms with Crippen molar-refractivity contribution in [1.29, 1.82) is 0 Å². The van der Waals surface area contributed by atoms with Gasteiger partial charge in [0.15, 0.2) is 11.6 Å². The number of hydrogen-bond donors (Lipinski definition) is 3. The molecule has 0 saturated carbocycles. The van der Waals surface area contributed by atoms with Gasteiger partial charge in [-0.15, -0.1) is 0 Å². The van der Waals surface area contributed by atoms with E-state index in [-0.39, 0.29) is 5.69 Å². The highest BCUT2D eigenvalue weighted by atomic mass is 79.9. The zero-order valence-corrected chi connectivity index (χ0v) is 11.2. The lowest BCUT2D eigenvalue weighted by atomic mass is 10.3. The van der Waals surface area contributed by atoms with Gasteiger partial charge in [-0.2, -0.15) is 0 Å². The monoisotopic (exact) mass is 324 g/mol. The molecule has 2 aromatic carbocycles. The van der Waals surface area contributed by atoms with E-state index in [9.17, 15) is 14.3 Å². The van der Waals surface area contributed by atoms with Crippen LogP contribution in [0.2, 0.25) is 0 Å². The van der Waals surface area contributed by atoms with Gasteiger partial charge in [0.2, 0.25) is 0 Å². The Balaban J connectivity index is 2.10. The molecule has 0 atom stereocenters. The molecule has 6 heteroatoms. The Hall–Kier alpha value is -2.08. The molecule has 0 heterocycles. The van der Waals surface area contributed by atoms with E-state index < -0.39 is 17.6 Å². The van der Waals surface area contributed by atoms with Crippen molar-refractivity contribution in [2.24, 2.45) is 0 Å². The molecule has 0 fully saturated rings. The van der Waals surface area contributed by atoms with Gasteiger partial charge in [-0.3, -0.25) is 0 Å². The van der Waals surface area contributed by atoms with E-state index in [0.717, 1.165) is 6.07 Å². The summed E-state index contributed by atoms with van der Waals surface area (Å²) in [5.41, 5.74) is 0.570. The number of phenols is 1. The molecule has 0 aromatic heterocycles. The van der Waals surface area contributed by atoms with E-state index >= 15 is 0 Å². The average molecular weight is 325 g/mol. The number of para-hydroxylation sites is 2. The van der Waals surface area contributed by atoms with Crippen molar-refractivity contribution in [3.63, 3.8) is 0 Å². The first kappa shape index (κ1) is 13.4. The van der Waals surface area contributed by atoms with E-state index in [0.29, 0.717) is 10.2 Å². The van der Waals surface area contributed by atoms with Gasteiger partial charge in [0.1, 0.15) is 0 Å². The Morgan fingerprint density at radius 3 is 2.42 bits per heavy atom. The first-order valence-corrected chi connectivity index (χ1v) is 6.17. The quantitative estimate of drug-likeness (QED) is 0.733. The number of urea groups is 1. The predicted octanol–water partition coefficient (Wildman–Crippen LogP) is 3.94. The fraction of sp³-hybridized carbons (Fsp3) is 0. The van der Waals surface area contributed by atoms with Crippen LogP contribution in [0.1, 0.15) is 0 Å². The Morgan fingerprint density at radius 1 is 1.05 bits per heavy atom. The first-order chi connectivity index (χ1) is 9.08. The molecule has 0 unspecified atom stereocenters. The van der Waals surface area contributed by atoms with Crippen LogP contribution in [0.25, 0.3) is 0 Å². The van der Waals surface area contributed by atoms with Crippen LogP contribution in [0.15, 0.2) is 46.9 Å². The number of anilines is 2. The average Bonchev–Trinajstić information content (AvgIpc) is 2.38. The SMILES string of the molecule is O=C(Nc1ccccc1Br)Nc1cccc(F)c1O. The van der Waals surface area contributed by atoms with Gasteiger partial charge in [0.05, 0.1) is 11.4 Å². The summed E-state index contributed by atoms with van der Waals surface area (Å²) in [6, 6.07) is 10.4. The molecule has 0 aliphatic rings. The van der Waals surface area contributed by atoms with Crippen LogP contribution in [0.4, 0.5) is 20.6 Å². The van der Waals surface area contributed by atoms with Crippen molar-refractivity contribution >= 4 is 33.3 Å². The van der Waals surface area contributed by atoms with Gasteiger partial charge in [0.25, 0.3) is 0 Å². The number of rotatable bonds is 2. The molecule has 98 valence electrons. The standard InChI is InChI=1S/C13H10BrFN2O2/c14-8-4-1-2-6-10(8)16-13(19)17-11-7-3-5-9(15)12(11)18/h1-7,18H,(H2,16,17,19). The number of halogens is 2. The third-order valence-corrected chi connectivity index (χ3v) is 3.05. The molecule has 19 heavy (non-hydrogen) atoms. The van der Waals surface area contributed by atoms with Crippen LogP contribution in [-0.4, -0.2) is 11.1 Å². The molecular weight excluding hydrogens is 315 g/mol. The van der Waals surface area contributed by atoms with E-state index in [1.165, 1.54) is 12.1 Å². The summed E-state index contributed by atoms with van der Waals surface area (Å²) in [4.78, 5) is 11.7. The summed E-state index contributed by atoms with van der Waals surface area (Å²) >= 11 is 3.28. The van der Waals surface area contributed by atoms with E-state index in [1.807, 2.05) is 6.07 Å². The third-order valence-electron chi connectivity index (χ3n) is 2.36. The van der Waals surface area contributed by atoms with Gasteiger partial charge < -0.3 is 15.7 Å². The minimum absolute atomic E-state index is 0.00422. The molecule has 0 aliphatic carbocycles. The largest absolute Gasteiger partial charge is 0.503 e. The fourth-order valence-corrected chi connectivity index (χ4v) is 1.84. The smallest absolute Gasteiger partial charge is 0.323 e. The highest BCUT2D eigenvalue weighted by Gasteiger charge is 2.10. The Kier molecular flexibility index (Phi) is 4.01. The second kappa shape index (κ2) is 5.71. The first-order valence-electron chi connectivity index (χ1n) is 5.38. The van der Waals surface area contributed by atoms with Crippen molar-refractivity contribution in [3.05, 3.63) is 52.8 Å². The number of hydrogen-bond acceptors (Lipinski definition) is 2. The second-order valence-electron chi connectivity index (χ2n) is 3.69. The zero-order valence-electron chi connectivity index (χ0n) is 9.65. The fourth-order valence-electron chi connectivity index (χ4n) is 1.45. The molecule has 0 spiro atoms.